The second kappa shape index (κ2) is 5.73. The minimum absolute atomic E-state index is 0.172. The normalized spacial score (nSPS) is 27.2. The molecule has 1 saturated carbocycles. The highest BCUT2D eigenvalue weighted by atomic mass is 16.4. The van der Waals surface area contributed by atoms with E-state index in [1.807, 2.05) is 12.1 Å². The van der Waals surface area contributed by atoms with Crippen molar-refractivity contribution in [3.63, 3.8) is 0 Å². The first-order valence-corrected chi connectivity index (χ1v) is 7.64. The Balaban J connectivity index is 1.80. The molecule has 0 amide bonds. The van der Waals surface area contributed by atoms with Gasteiger partial charge in [0.15, 0.2) is 5.84 Å². The number of benzene rings is 1. The first-order valence-electron chi connectivity index (χ1n) is 7.64. The van der Waals surface area contributed by atoms with Crippen LogP contribution in [-0.2, 0) is 0 Å². The van der Waals surface area contributed by atoms with Crippen LogP contribution in [0.15, 0.2) is 29.4 Å². The molecule has 1 heterocycles. The Morgan fingerprint density at radius 2 is 1.80 bits per heavy atom. The second-order valence-corrected chi connectivity index (χ2v) is 5.98. The van der Waals surface area contributed by atoms with Crippen molar-refractivity contribution < 1.29 is 5.21 Å². The van der Waals surface area contributed by atoms with Gasteiger partial charge in [0.1, 0.15) is 0 Å². The maximum atomic E-state index is 8.71. The maximum Gasteiger partial charge on any atom is 0.170 e. The smallest absolute Gasteiger partial charge is 0.170 e. The summed E-state index contributed by atoms with van der Waals surface area (Å²) >= 11 is 0. The van der Waals surface area contributed by atoms with Crippen LogP contribution in [0.5, 0.6) is 0 Å². The van der Waals surface area contributed by atoms with Crippen molar-refractivity contribution in [1.82, 2.24) is 0 Å². The molecule has 108 valence electrons. The quantitative estimate of drug-likeness (QED) is 0.377. The maximum absolute atomic E-state index is 8.71. The van der Waals surface area contributed by atoms with E-state index in [1.165, 1.54) is 44.2 Å². The highest BCUT2D eigenvalue weighted by molar-refractivity contribution is 5.97. The Hall–Kier alpha value is -1.71. The van der Waals surface area contributed by atoms with Gasteiger partial charge in [0.2, 0.25) is 0 Å². The Morgan fingerprint density at radius 1 is 1.10 bits per heavy atom. The summed E-state index contributed by atoms with van der Waals surface area (Å²) in [5, 5.41) is 11.8. The van der Waals surface area contributed by atoms with Crippen LogP contribution in [0.3, 0.4) is 0 Å². The molecule has 2 fully saturated rings. The first-order chi connectivity index (χ1) is 9.79. The number of hydrogen-bond acceptors (Lipinski definition) is 3. The van der Waals surface area contributed by atoms with Crippen LogP contribution in [0, 0.1) is 5.92 Å². The van der Waals surface area contributed by atoms with Crippen LogP contribution in [0.2, 0.25) is 0 Å². The molecule has 1 aliphatic carbocycles. The van der Waals surface area contributed by atoms with Crippen LogP contribution in [0.25, 0.3) is 0 Å². The van der Waals surface area contributed by atoms with E-state index in [-0.39, 0.29) is 5.84 Å². The van der Waals surface area contributed by atoms with Gasteiger partial charge in [0, 0.05) is 23.8 Å². The predicted molar refractivity (Wildman–Crippen MR) is 81.3 cm³/mol. The van der Waals surface area contributed by atoms with Gasteiger partial charge in [-0.15, -0.1) is 0 Å². The van der Waals surface area contributed by atoms with E-state index in [0.717, 1.165) is 18.0 Å². The van der Waals surface area contributed by atoms with Crippen molar-refractivity contribution in [2.45, 2.75) is 44.6 Å². The van der Waals surface area contributed by atoms with Gasteiger partial charge >= 0.3 is 0 Å². The molecule has 4 nitrogen and oxygen atoms in total. The Bertz CT molecular complexity index is 481. The lowest BCUT2D eigenvalue weighted by molar-refractivity contribution is 0.244. The van der Waals surface area contributed by atoms with E-state index in [0.29, 0.717) is 6.04 Å². The van der Waals surface area contributed by atoms with E-state index >= 15 is 0 Å². The van der Waals surface area contributed by atoms with E-state index in [2.05, 4.69) is 22.2 Å². The van der Waals surface area contributed by atoms with Gasteiger partial charge in [0.05, 0.1) is 0 Å². The molecular weight excluding hydrogens is 250 g/mol. The molecule has 0 spiro atoms. The fourth-order valence-corrected chi connectivity index (χ4v) is 3.83. The van der Waals surface area contributed by atoms with Gasteiger partial charge in [-0.1, -0.05) is 18.0 Å². The number of rotatable bonds is 2. The molecule has 3 rings (SSSR count). The molecule has 2 aliphatic rings. The zero-order valence-corrected chi connectivity index (χ0v) is 11.8. The minimum Gasteiger partial charge on any atom is -0.409 e. The molecule has 3 N–H and O–H groups in total. The molecule has 1 aromatic carbocycles. The summed E-state index contributed by atoms with van der Waals surface area (Å²) in [4.78, 5) is 2.57. The highest BCUT2D eigenvalue weighted by Gasteiger charge is 2.33. The van der Waals surface area contributed by atoms with Crippen LogP contribution in [0.1, 0.15) is 44.1 Å². The SMILES string of the molecule is N/C(=N/O)c1ccc(N2CCC[C@H]3CCCC[C@H]32)cc1. The van der Waals surface area contributed by atoms with Crippen molar-refractivity contribution in [2.24, 2.45) is 16.8 Å². The van der Waals surface area contributed by atoms with Crippen molar-refractivity contribution in [2.75, 3.05) is 11.4 Å². The van der Waals surface area contributed by atoms with Crippen LogP contribution >= 0.6 is 0 Å². The molecule has 20 heavy (non-hydrogen) atoms. The number of hydrogen-bond donors (Lipinski definition) is 2. The summed E-state index contributed by atoms with van der Waals surface area (Å²) < 4.78 is 0. The molecule has 0 radical (unpaired) electrons. The lowest BCUT2D eigenvalue weighted by Gasteiger charge is -2.45. The number of amidine groups is 1. The van der Waals surface area contributed by atoms with E-state index in [9.17, 15) is 0 Å². The monoisotopic (exact) mass is 273 g/mol. The van der Waals surface area contributed by atoms with Gasteiger partial charge in [-0.3, -0.25) is 0 Å². The molecule has 1 saturated heterocycles. The van der Waals surface area contributed by atoms with Gasteiger partial charge < -0.3 is 15.8 Å². The molecule has 0 bridgehead atoms. The van der Waals surface area contributed by atoms with Crippen LogP contribution < -0.4 is 10.6 Å². The van der Waals surface area contributed by atoms with Gasteiger partial charge in [-0.2, -0.15) is 0 Å². The van der Waals surface area contributed by atoms with Crippen LogP contribution in [0.4, 0.5) is 5.69 Å². The first kappa shape index (κ1) is 13.3. The zero-order chi connectivity index (χ0) is 13.9. The highest BCUT2D eigenvalue weighted by Crippen LogP contribution is 2.37. The number of oxime groups is 1. The van der Waals surface area contributed by atoms with Gasteiger partial charge in [0.25, 0.3) is 0 Å². The van der Waals surface area contributed by atoms with E-state index in [4.69, 9.17) is 10.9 Å². The van der Waals surface area contributed by atoms with Crippen molar-refractivity contribution in [3.8, 4) is 0 Å². The number of anilines is 1. The fourth-order valence-electron chi connectivity index (χ4n) is 3.83. The number of fused-ring (bicyclic) bond motifs is 1. The third kappa shape index (κ3) is 2.47. The Labute approximate surface area is 120 Å². The summed E-state index contributed by atoms with van der Waals surface area (Å²) in [6.07, 6.45) is 8.17. The third-order valence-electron chi connectivity index (χ3n) is 4.85. The fraction of sp³-hybridized carbons (Fsp3) is 0.562. The van der Waals surface area contributed by atoms with Crippen LogP contribution in [-0.4, -0.2) is 23.6 Å². The molecule has 0 aromatic heterocycles. The standard InChI is InChI=1S/C16H23N3O/c17-16(18-20)13-7-9-14(10-8-13)19-11-3-5-12-4-1-2-6-15(12)19/h7-10,12,15,20H,1-6,11H2,(H2,17,18)/t12-,15-/m1/s1. The lowest BCUT2D eigenvalue weighted by atomic mass is 9.78. The molecule has 0 unspecified atom stereocenters. The molecular formula is C16H23N3O. The summed E-state index contributed by atoms with van der Waals surface area (Å²) in [6.45, 7) is 1.16. The third-order valence-corrected chi connectivity index (χ3v) is 4.85. The van der Waals surface area contributed by atoms with E-state index in [1.54, 1.807) is 0 Å². The zero-order valence-electron chi connectivity index (χ0n) is 11.8. The van der Waals surface area contributed by atoms with E-state index < -0.39 is 0 Å². The number of nitrogens with two attached hydrogens (primary N) is 1. The Morgan fingerprint density at radius 3 is 2.55 bits per heavy atom. The average Bonchev–Trinajstić information content (AvgIpc) is 2.54. The predicted octanol–water partition coefficient (Wildman–Crippen LogP) is 2.94. The summed E-state index contributed by atoms with van der Waals surface area (Å²) in [6, 6.07) is 8.80. The van der Waals surface area contributed by atoms with Crippen molar-refractivity contribution >= 4 is 11.5 Å². The van der Waals surface area contributed by atoms with Crippen molar-refractivity contribution in [3.05, 3.63) is 29.8 Å². The minimum atomic E-state index is 0.172. The number of piperidine rings is 1. The Kier molecular flexibility index (Phi) is 3.81. The largest absolute Gasteiger partial charge is 0.409 e. The van der Waals surface area contributed by atoms with Gasteiger partial charge in [-0.05, 0) is 55.9 Å². The summed E-state index contributed by atoms with van der Waals surface area (Å²) in [7, 11) is 0. The lowest BCUT2D eigenvalue weighted by Crippen LogP contribution is -2.46. The number of nitrogens with zero attached hydrogens (tertiary/aromatic N) is 2. The van der Waals surface area contributed by atoms with Gasteiger partial charge in [-0.25, -0.2) is 0 Å². The summed E-state index contributed by atoms with van der Waals surface area (Å²) in [5.74, 6) is 1.05. The molecule has 1 aromatic rings. The molecule has 1 aliphatic heterocycles. The summed E-state index contributed by atoms with van der Waals surface area (Å²) in [5.41, 5.74) is 7.66. The van der Waals surface area contributed by atoms with Crippen molar-refractivity contribution in [1.29, 1.82) is 0 Å². The molecule has 4 heteroatoms. The average molecular weight is 273 g/mol. The second-order valence-electron chi connectivity index (χ2n) is 5.98. The molecule has 2 atom stereocenters. The topological polar surface area (TPSA) is 61.9 Å².